The molecule has 0 saturated carbocycles. The summed E-state index contributed by atoms with van der Waals surface area (Å²) in [5.41, 5.74) is 0.165. The molecular formula is C15H14O8. The molecule has 2 unspecified atom stereocenters. The highest BCUT2D eigenvalue weighted by molar-refractivity contribution is 5.68. The maximum atomic E-state index is 10.2. The lowest BCUT2D eigenvalue weighted by Crippen LogP contribution is -2.30. The summed E-state index contributed by atoms with van der Waals surface area (Å²) in [6.45, 7) is 0. The number of aliphatic hydroxyl groups is 1. The Morgan fingerprint density at radius 3 is 1.96 bits per heavy atom. The number of rotatable bonds is 1. The van der Waals surface area contributed by atoms with Crippen molar-refractivity contribution in [3.8, 4) is 40.2 Å². The summed E-state index contributed by atoms with van der Waals surface area (Å²) in [6.07, 6.45) is -2.46. The lowest BCUT2D eigenvalue weighted by Gasteiger charge is -2.32. The zero-order chi connectivity index (χ0) is 16.9. The third kappa shape index (κ3) is 2.29. The van der Waals surface area contributed by atoms with Gasteiger partial charge in [-0.15, -0.1) is 0 Å². The summed E-state index contributed by atoms with van der Waals surface area (Å²) in [4.78, 5) is 0. The van der Waals surface area contributed by atoms with E-state index in [0.29, 0.717) is 0 Å². The number of aliphatic hydroxyl groups excluding tert-OH is 1. The van der Waals surface area contributed by atoms with E-state index in [1.165, 1.54) is 12.1 Å². The van der Waals surface area contributed by atoms with E-state index in [0.717, 1.165) is 6.07 Å². The highest BCUT2D eigenvalue weighted by Gasteiger charge is 2.36. The summed E-state index contributed by atoms with van der Waals surface area (Å²) in [5.74, 6) is -4.14. The van der Waals surface area contributed by atoms with Gasteiger partial charge in [0.2, 0.25) is 17.2 Å². The lowest BCUT2D eigenvalue weighted by atomic mass is 9.93. The first-order valence-corrected chi connectivity index (χ1v) is 6.66. The second kappa shape index (κ2) is 5.03. The van der Waals surface area contributed by atoms with Crippen molar-refractivity contribution in [2.24, 2.45) is 0 Å². The number of phenolic OH excluding ortho intramolecular Hbond substituents is 6. The summed E-state index contributed by atoms with van der Waals surface area (Å²) in [5, 5.41) is 68.0. The molecule has 0 amide bonds. The van der Waals surface area contributed by atoms with Gasteiger partial charge >= 0.3 is 0 Å². The van der Waals surface area contributed by atoms with Crippen molar-refractivity contribution in [3.63, 3.8) is 0 Å². The Morgan fingerprint density at radius 2 is 1.35 bits per heavy atom. The number of benzene rings is 2. The molecule has 1 heterocycles. The fourth-order valence-corrected chi connectivity index (χ4v) is 2.64. The maximum absolute atomic E-state index is 10.2. The summed E-state index contributed by atoms with van der Waals surface area (Å²) in [6, 6.07) is 3.62. The standard InChI is InChI=1S/C15H14O8/c16-6-1-5(2-7(17)3-6)14-9(18)4-8-10(19)11(20)12(21)13(22)15(8)23-14/h1-3,9,14,16-22H,4H2. The van der Waals surface area contributed by atoms with Gasteiger partial charge in [0.25, 0.3) is 0 Å². The molecule has 23 heavy (non-hydrogen) atoms. The van der Waals surface area contributed by atoms with Gasteiger partial charge in [0.15, 0.2) is 17.6 Å². The van der Waals surface area contributed by atoms with Crippen LogP contribution in [0.3, 0.4) is 0 Å². The van der Waals surface area contributed by atoms with Crippen LogP contribution in [0.5, 0.6) is 40.2 Å². The number of fused-ring (bicyclic) bond motifs is 1. The van der Waals surface area contributed by atoms with Crippen LogP contribution in [-0.4, -0.2) is 41.8 Å². The molecule has 0 spiro atoms. The Morgan fingerprint density at radius 1 is 0.783 bits per heavy atom. The van der Waals surface area contributed by atoms with Crippen LogP contribution in [0, 0.1) is 0 Å². The summed E-state index contributed by atoms with van der Waals surface area (Å²) >= 11 is 0. The second-order valence-corrected chi connectivity index (χ2v) is 5.29. The molecule has 1 aliphatic rings. The number of phenols is 6. The number of aromatic hydroxyl groups is 6. The van der Waals surface area contributed by atoms with Crippen molar-refractivity contribution < 1.29 is 40.5 Å². The van der Waals surface area contributed by atoms with Gasteiger partial charge in [0.05, 0.1) is 6.10 Å². The SMILES string of the molecule is Oc1cc(O)cc(C2Oc3c(O)c(O)c(O)c(O)c3CC2O)c1. The van der Waals surface area contributed by atoms with Gasteiger partial charge < -0.3 is 40.5 Å². The molecule has 7 N–H and O–H groups in total. The predicted octanol–water partition coefficient (Wildman–Crippen LogP) is 0.957. The van der Waals surface area contributed by atoms with E-state index in [2.05, 4.69) is 0 Å². The molecule has 1 aliphatic heterocycles. The smallest absolute Gasteiger partial charge is 0.208 e. The van der Waals surface area contributed by atoms with Crippen LogP contribution in [0.4, 0.5) is 0 Å². The normalized spacial score (nSPS) is 19.9. The van der Waals surface area contributed by atoms with Gasteiger partial charge in [0.1, 0.15) is 11.5 Å². The average molecular weight is 322 g/mol. The third-order valence-corrected chi connectivity index (χ3v) is 3.71. The van der Waals surface area contributed by atoms with Gasteiger partial charge in [-0.25, -0.2) is 0 Å². The van der Waals surface area contributed by atoms with Gasteiger partial charge in [-0.05, 0) is 12.1 Å². The molecule has 0 bridgehead atoms. The van der Waals surface area contributed by atoms with Crippen LogP contribution in [0.2, 0.25) is 0 Å². The van der Waals surface area contributed by atoms with E-state index < -0.39 is 35.2 Å². The van der Waals surface area contributed by atoms with Crippen LogP contribution in [0.15, 0.2) is 18.2 Å². The van der Waals surface area contributed by atoms with E-state index in [1.807, 2.05) is 0 Å². The van der Waals surface area contributed by atoms with Crippen molar-refractivity contribution in [1.29, 1.82) is 0 Å². The van der Waals surface area contributed by atoms with Crippen molar-refractivity contribution in [3.05, 3.63) is 29.3 Å². The Bertz CT molecular complexity index is 766. The van der Waals surface area contributed by atoms with E-state index in [-0.39, 0.29) is 34.8 Å². The van der Waals surface area contributed by atoms with Crippen molar-refractivity contribution in [1.82, 2.24) is 0 Å². The largest absolute Gasteiger partial charge is 0.508 e. The number of ether oxygens (including phenoxy) is 1. The summed E-state index contributed by atoms with van der Waals surface area (Å²) in [7, 11) is 0. The fourth-order valence-electron chi connectivity index (χ4n) is 2.64. The first kappa shape index (κ1) is 14.9. The first-order chi connectivity index (χ1) is 10.8. The van der Waals surface area contributed by atoms with Crippen LogP contribution in [-0.2, 0) is 6.42 Å². The van der Waals surface area contributed by atoms with E-state index >= 15 is 0 Å². The second-order valence-electron chi connectivity index (χ2n) is 5.29. The molecule has 2 aromatic carbocycles. The molecule has 0 radical (unpaired) electrons. The average Bonchev–Trinajstić information content (AvgIpc) is 2.49. The maximum Gasteiger partial charge on any atom is 0.208 e. The Labute approximate surface area is 129 Å². The highest BCUT2D eigenvalue weighted by atomic mass is 16.5. The first-order valence-electron chi connectivity index (χ1n) is 6.66. The Hall–Kier alpha value is -3.00. The van der Waals surface area contributed by atoms with Crippen molar-refractivity contribution >= 4 is 0 Å². The minimum absolute atomic E-state index is 0.0640. The van der Waals surface area contributed by atoms with Crippen LogP contribution < -0.4 is 4.74 Å². The van der Waals surface area contributed by atoms with Crippen LogP contribution in [0.25, 0.3) is 0 Å². The molecule has 0 aliphatic carbocycles. The molecule has 122 valence electrons. The monoisotopic (exact) mass is 322 g/mol. The quantitative estimate of drug-likeness (QED) is 0.303. The zero-order valence-electron chi connectivity index (χ0n) is 11.6. The Balaban J connectivity index is 2.10. The van der Waals surface area contributed by atoms with E-state index in [9.17, 15) is 35.7 Å². The molecule has 3 rings (SSSR count). The van der Waals surface area contributed by atoms with Gasteiger partial charge in [-0.2, -0.15) is 0 Å². The molecule has 2 aromatic rings. The van der Waals surface area contributed by atoms with Crippen molar-refractivity contribution in [2.75, 3.05) is 0 Å². The van der Waals surface area contributed by atoms with Gasteiger partial charge in [-0.3, -0.25) is 0 Å². The van der Waals surface area contributed by atoms with Crippen LogP contribution in [0.1, 0.15) is 17.2 Å². The predicted molar refractivity (Wildman–Crippen MR) is 76.0 cm³/mol. The number of hydrogen-bond donors (Lipinski definition) is 7. The topological polar surface area (TPSA) is 151 Å². The molecular weight excluding hydrogens is 308 g/mol. The lowest BCUT2D eigenvalue weighted by molar-refractivity contribution is 0.0175. The molecule has 0 aromatic heterocycles. The van der Waals surface area contributed by atoms with Gasteiger partial charge in [0, 0.05) is 23.6 Å². The van der Waals surface area contributed by atoms with E-state index in [4.69, 9.17) is 4.74 Å². The van der Waals surface area contributed by atoms with Crippen molar-refractivity contribution in [2.45, 2.75) is 18.6 Å². The molecule has 2 atom stereocenters. The zero-order valence-corrected chi connectivity index (χ0v) is 11.6. The minimum Gasteiger partial charge on any atom is -0.508 e. The van der Waals surface area contributed by atoms with Crippen LogP contribution >= 0.6 is 0 Å². The molecule has 0 saturated heterocycles. The molecule has 8 nitrogen and oxygen atoms in total. The molecule has 8 heteroatoms. The number of hydrogen-bond acceptors (Lipinski definition) is 8. The summed E-state index contributed by atoms with van der Waals surface area (Å²) < 4.78 is 5.43. The molecule has 0 fully saturated rings. The van der Waals surface area contributed by atoms with E-state index in [1.54, 1.807) is 0 Å². The van der Waals surface area contributed by atoms with Gasteiger partial charge in [-0.1, -0.05) is 0 Å². The Kier molecular flexibility index (Phi) is 3.26. The third-order valence-electron chi connectivity index (χ3n) is 3.71. The minimum atomic E-state index is -1.20. The highest BCUT2D eigenvalue weighted by Crippen LogP contribution is 2.54. The fraction of sp³-hybridized carbons (Fsp3) is 0.200.